The molecule has 6 atom stereocenters. The Balaban J connectivity index is 1.88. The molecule has 4 bridgehead atoms. The summed E-state index contributed by atoms with van der Waals surface area (Å²) in [6.07, 6.45) is 3.12. The second kappa shape index (κ2) is 5.11. The van der Waals surface area contributed by atoms with Crippen molar-refractivity contribution in [3.8, 4) is 0 Å². The average Bonchev–Trinajstić information content (AvgIpc) is 3.03. The van der Waals surface area contributed by atoms with Crippen molar-refractivity contribution in [3.63, 3.8) is 0 Å². The fraction of sp³-hybridized carbons (Fsp3) is 0.571. The number of rotatable bonds is 1. The third-order valence-electron chi connectivity index (χ3n) is 7.72. The van der Waals surface area contributed by atoms with Gasteiger partial charge in [-0.25, -0.2) is 0 Å². The quantitative estimate of drug-likeness (QED) is 0.617. The van der Waals surface area contributed by atoms with Gasteiger partial charge < -0.3 is 14.7 Å². The summed E-state index contributed by atoms with van der Waals surface area (Å²) in [6.45, 7) is 3.74. The number of methoxy groups -OCH3 is 1. The van der Waals surface area contributed by atoms with Gasteiger partial charge in [0.25, 0.3) is 0 Å². The molecule has 1 saturated carbocycles. The van der Waals surface area contributed by atoms with Crippen molar-refractivity contribution in [2.45, 2.75) is 36.9 Å². The van der Waals surface area contributed by atoms with E-state index in [1.165, 1.54) is 18.2 Å². The first-order valence-electron chi connectivity index (χ1n) is 9.53. The number of aliphatic hydroxyl groups excluding tert-OH is 1. The summed E-state index contributed by atoms with van der Waals surface area (Å²) in [5.74, 6) is -0.374. The zero-order chi connectivity index (χ0) is 18.3. The van der Waals surface area contributed by atoms with Crippen LogP contribution in [0.15, 0.2) is 35.9 Å². The minimum Gasteiger partial charge on any atom is -0.469 e. The highest BCUT2D eigenvalue weighted by Gasteiger charge is 2.78. The molecule has 4 heterocycles. The number of esters is 1. The van der Waals surface area contributed by atoms with Crippen molar-refractivity contribution in [2.75, 3.05) is 32.1 Å². The molecule has 1 aromatic carbocycles. The van der Waals surface area contributed by atoms with E-state index in [0.29, 0.717) is 6.42 Å². The minimum atomic E-state index is -0.573. The van der Waals surface area contributed by atoms with Gasteiger partial charge in [0.15, 0.2) is 0 Å². The molecule has 0 aromatic heterocycles. The maximum absolute atomic E-state index is 13.1. The lowest BCUT2D eigenvalue weighted by atomic mass is 9.53. The van der Waals surface area contributed by atoms with Crippen LogP contribution in [0, 0.1) is 11.8 Å². The van der Waals surface area contributed by atoms with Crippen LogP contribution < -0.4 is 4.90 Å². The van der Waals surface area contributed by atoms with Crippen LogP contribution in [0.1, 0.15) is 25.3 Å². The lowest BCUT2D eigenvalue weighted by molar-refractivity contribution is -0.159. The number of aliphatic hydroxyl groups is 1. The number of anilines is 1. The summed E-state index contributed by atoms with van der Waals surface area (Å²) in [5, 5.41) is 11.5. The lowest BCUT2D eigenvalue weighted by Gasteiger charge is -2.56. The Labute approximate surface area is 154 Å². The van der Waals surface area contributed by atoms with Gasteiger partial charge in [0, 0.05) is 25.8 Å². The van der Waals surface area contributed by atoms with E-state index in [2.05, 4.69) is 41.1 Å². The number of allylic oxidation sites excluding steroid dienone is 1. The van der Waals surface area contributed by atoms with Crippen molar-refractivity contribution in [3.05, 3.63) is 41.5 Å². The van der Waals surface area contributed by atoms with Gasteiger partial charge in [-0.05, 0) is 37.3 Å². The summed E-state index contributed by atoms with van der Waals surface area (Å²) >= 11 is 0. The Hall–Kier alpha value is -1.85. The zero-order valence-electron chi connectivity index (χ0n) is 15.6. The molecule has 1 spiro atoms. The third kappa shape index (κ3) is 1.47. The highest BCUT2D eigenvalue weighted by atomic mass is 16.5. The molecule has 0 radical (unpaired) electrons. The Bertz CT molecular complexity index is 821. The van der Waals surface area contributed by atoms with Gasteiger partial charge in [-0.3, -0.25) is 9.69 Å². The van der Waals surface area contributed by atoms with Crippen LogP contribution in [0.25, 0.3) is 0 Å². The van der Waals surface area contributed by atoms with Gasteiger partial charge in [0.05, 0.1) is 24.5 Å². The first-order valence-corrected chi connectivity index (χ1v) is 9.53. The Kier molecular flexibility index (Phi) is 3.21. The van der Waals surface area contributed by atoms with Crippen LogP contribution in [0.5, 0.6) is 0 Å². The fourth-order valence-corrected chi connectivity index (χ4v) is 6.99. The van der Waals surface area contributed by atoms with Crippen LogP contribution in [0.4, 0.5) is 5.69 Å². The van der Waals surface area contributed by atoms with Gasteiger partial charge in [-0.2, -0.15) is 0 Å². The van der Waals surface area contributed by atoms with Crippen molar-refractivity contribution in [2.24, 2.45) is 11.8 Å². The number of benzene rings is 1. The molecule has 3 saturated heterocycles. The van der Waals surface area contributed by atoms with Crippen LogP contribution in [0.3, 0.4) is 0 Å². The molecule has 4 fully saturated rings. The van der Waals surface area contributed by atoms with E-state index in [9.17, 15) is 9.90 Å². The summed E-state index contributed by atoms with van der Waals surface area (Å²) in [4.78, 5) is 17.8. The number of likely N-dealkylation sites (N-methyl/N-ethyl adjacent to an activating group) is 1. The van der Waals surface area contributed by atoms with E-state index in [0.717, 1.165) is 25.2 Å². The summed E-state index contributed by atoms with van der Waals surface area (Å²) < 4.78 is 5.34. The van der Waals surface area contributed by atoms with E-state index in [1.807, 2.05) is 13.0 Å². The van der Waals surface area contributed by atoms with Gasteiger partial charge in [0.1, 0.15) is 5.66 Å². The Morgan fingerprint density at radius 1 is 1.38 bits per heavy atom. The molecule has 6 rings (SSSR count). The largest absolute Gasteiger partial charge is 0.469 e. The van der Waals surface area contributed by atoms with Gasteiger partial charge >= 0.3 is 5.97 Å². The van der Waals surface area contributed by atoms with Crippen molar-refractivity contribution < 1.29 is 14.6 Å². The van der Waals surface area contributed by atoms with Crippen molar-refractivity contribution in [1.29, 1.82) is 0 Å². The second-order valence-corrected chi connectivity index (χ2v) is 8.17. The number of ether oxygens (including phenoxy) is 1. The topological polar surface area (TPSA) is 53.0 Å². The molecule has 4 aliphatic heterocycles. The van der Waals surface area contributed by atoms with E-state index >= 15 is 0 Å². The normalized spacial score (nSPS) is 44.0. The van der Waals surface area contributed by atoms with Crippen molar-refractivity contribution >= 4 is 11.7 Å². The summed E-state index contributed by atoms with van der Waals surface area (Å²) in [6, 6.07) is 8.37. The monoisotopic (exact) mass is 354 g/mol. The molecular formula is C21H26N2O3. The van der Waals surface area contributed by atoms with E-state index in [-0.39, 0.29) is 17.8 Å². The maximum Gasteiger partial charge on any atom is 0.310 e. The highest BCUT2D eigenvalue weighted by molar-refractivity contribution is 5.82. The first kappa shape index (κ1) is 16.3. The lowest BCUT2D eigenvalue weighted by Crippen LogP contribution is -2.73. The van der Waals surface area contributed by atoms with Gasteiger partial charge in [0.2, 0.25) is 0 Å². The standard InChI is InChI=1S/C21H26N2O3/c1-4-13-12-23-10-9-20-15-7-5-6-8-16(15)22(2)21(20,23)17(24)11-14(13)18(20)19(25)26-3/h4-8,14,17-18,24H,9-12H2,1-3H3/b13-4-/t14?,17?,18?,20-,21-/m0/s1. The molecule has 4 unspecified atom stereocenters. The Morgan fingerprint density at radius 2 is 2.15 bits per heavy atom. The minimum absolute atomic E-state index is 0.0282. The number of fused-ring (bicyclic) bond motifs is 3. The van der Waals surface area contributed by atoms with Gasteiger partial charge in [-0.15, -0.1) is 0 Å². The molecular weight excluding hydrogens is 328 g/mol. The predicted octanol–water partition coefficient (Wildman–Crippen LogP) is 1.91. The van der Waals surface area contributed by atoms with E-state index < -0.39 is 17.2 Å². The molecule has 1 aromatic rings. The maximum atomic E-state index is 13.1. The molecule has 26 heavy (non-hydrogen) atoms. The molecule has 138 valence electrons. The number of nitrogens with zero attached hydrogens (tertiary/aromatic N) is 2. The highest BCUT2D eigenvalue weighted by Crippen LogP contribution is 2.69. The van der Waals surface area contributed by atoms with Gasteiger partial charge in [-0.1, -0.05) is 29.8 Å². The van der Waals surface area contributed by atoms with E-state index in [4.69, 9.17) is 4.74 Å². The molecule has 5 nitrogen and oxygen atoms in total. The average molecular weight is 354 g/mol. The fourth-order valence-electron chi connectivity index (χ4n) is 6.99. The molecule has 5 heteroatoms. The van der Waals surface area contributed by atoms with Crippen LogP contribution in [-0.4, -0.2) is 55.0 Å². The molecule has 5 aliphatic rings. The molecule has 1 N–H and O–H groups in total. The number of para-hydroxylation sites is 1. The number of carbonyl (C=O) groups excluding carboxylic acids is 1. The summed E-state index contributed by atoms with van der Waals surface area (Å²) in [5.41, 5.74) is 2.59. The SMILES string of the molecule is C/C=C1/CN2CC[C@@]34c5ccccc5N(C)[C@@]23C(O)CC1C4C(=O)OC. The molecule has 1 aliphatic carbocycles. The van der Waals surface area contributed by atoms with E-state index in [1.54, 1.807) is 0 Å². The van der Waals surface area contributed by atoms with Crippen molar-refractivity contribution in [1.82, 2.24) is 4.90 Å². The third-order valence-corrected chi connectivity index (χ3v) is 7.72. The Morgan fingerprint density at radius 3 is 2.88 bits per heavy atom. The number of carbonyl (C=O) groups is 1. The smallest absolute Gasteiger partial charge is 0.310 e. The number of hydrogen-bond acceptors (Lipinski definition) is 5. The first-order chi connectivity index (χ1) is 12.5. The zero-order valence-corrected chi connectivity index (χ0v) is 15.6. The second-order valence-electron chi connectivity index (χ2n) is 8.17. The number of hydrogen-bond donors (Lipinski definition) is 1. The van der Waals surface area contributed by atoms with Crippen LogP contribution >= 0.6 is 0 Å². The van der Waals surface area contributed by atoms with Crippen LogP contribution in [0.2, 0.25) is 0 Å². The predicted molar refractivity (Wildman–Crippen MR) is 98.8 cm³/mol. The van der Waals surface area contributed by atoms with Crippen LogP contribution in [-0.2, 0) is 14.9 Å². The molecule has 0 amide bonds. The summed E-state index contributed by atoms with van der Waals surface area (Å²) in [7, 11) is 3.57.